The number of carboxylic acids is 2. The molecule has 18 heavy (non-hydrogen) atoms. The Balaban J connectivity index is 0.000000631. The van der Waals surface area contributed by atoms with Crippen LogP contribution in [0, 0.1) is 13.8 Å². The van der Waals surface area contributed by atoms with Gasteiger partial charge in [0.1, 0.15) is 0 Å². The minimum absolute atomic E-state index is 0.125. The number of rotatable bonds is 3. The van der Waals surface area contributed by atoms with Crippen molar-refractivity contribution in [2.24, 2.45) is 0 Å². The van der Waals surface area contributed by atoms with Crippen LogP contribution in [0.4, 0.5) is 0 Å². The molecule has 6 nitrogen and oxygen atoms in total. The smallest absolute Gasteiger partial charge is 0.335 e. The molecule has 1 aromatic rings. The van der Waals surface area contributed by atoms with Gasteiger partial charge in [-0.1, -0.05) is 0 Å². The summed E-state index contributed by atoms with van der Waals surface area (Å²) in [5.74, 6) is -2.08. The average molecular weight is 256 g/mol. The molecule has 0 heterocycles. The second-order valence-corrected chi connectivity index (χ2v) is 3.54. The largest absolute Gasteiger partial charge is 0.478 e. The minimum Gasteiger partial charge on any atom is -0.478 e. The zero-order valence-electron chi connectivity index (χ0n) is 10.2. The molecule has 0 aliphatic heterocycles. The van der Waals surface area contributed by atoms with Crippen LogP contribution in [0.2, 0.25) is 0 Å². The molecule has 0 aliphatic carbocycles. The number of aliphatic hydroxyl groups is 2. The molecule has 0 aliphatic rings. The Labute approximate surface area is 104 Å². The molecule has 0 aromatic heterocycles. The predicted octanol–water partition coefficient (Wildman–Crippen LogP) is 0.671. The molecule has 0 bridgehead atoms. The van der Waals surface area contributed by atoms with Crippen LogP contribution in [0.25, 0.3) is 0 Å². The zero-order valence-corrected chi connectivity index (χ0v) is 10.2. The molecule has 4 N–H and O–H groups in total. The van der Waals surface area contributed by atoms with Crippen LogP contribution in [-0.4, -0.2) is 45.6 Å². The van der Waals surface area contributed by atoms with Gasteiger partial charge in [-0.25, -0.2) is 9.59 Å². The number of benzene rings is 1. The van der Waals surface area contributed by atoms with Crippen LogP contribution in [0.3, 0.4) is 0 Å². The molecule has 0 atom stereocenters. The van der Waals surface area contributed by atoms with Gasteiger partial charge >= 0.3 is 11.9 Å². The lowest BCUT2D eigenvalue weighted by molar-refractivity contribution is 0.0679. The van der Waals surface area contributed by atoms with Crippen molar-refractivity contribution in [2.75, 3.05) is 13.2 Å². The van der Waals surface area contributed by atoms with E-state index in [9.17, 15) is 9.59 Å². The second-order valence-electron chi connectivity index (χ2n) is 3.54. The molecular weight excluding hydrogens is 240 g/mol. The summed E-state index contributed by atoms with van der Waals surface area (Å²) >= 11 is 0. The van der Waals surface area contributed by atoms with Crippen LogP contribution in [0.15, 0.2) is 12.1 Å². The summed E-state index contributed by atoms with van der Waals surface area (Å²) in [7, 11) is 0. The summed E-state index contributed by atoms with van der Waals surface area (Å²) < 4.78 is 0. The Kier molecular flexibility index (Phi) is 6.62. The molecule has 0 amide bonds. The van der Waals surface area contributed by atoms with Gasteiger partial charge in [-0.15, -0.1) is 0 Å². The fraction of sp³-hybridized carbons (Fsp3) is 0.333. The van der Waals surface area contributed by atoms with Gasteiger partial charge in [0.05, 0.1) is 24.3 Å². The van der Waals surface area contributed by atoms with Crippen LogP contribution in [0.5, 0.6) is 0 Å². The van der Waals surface area contributed by atoms with Crippen LogP contribution < -0.4 is 0 Å². The van der Waals surface area contributed by atoms with E-state index in [1.807, 2.05) is 0 Å². The molecule has 0 radical (unpaired) electrons. The first kappa shape index (κ1) is 16.1. The number of aromatic carboxylic acids is 2. The van der Waals surface area contributed by atoms with Gasteiger partial charge in [0.15, 0.2) is 0 Å². The summed E-state index contributed by atoms with van der Waals surface area (Å²) in [6.45, 7) is 2.91. The molecule has 1 aromatic carbocycles. The van der Waals surface area contributed by atoms with Crippen LogP contribution in [-0.2, 0) is 0 Å². The maximum atomic E-state index is 10.7. The van der Waals surface area contributed by atoms with Crippen molar-refractivity contribution in [1.29, 1.82) is 0 Å². The van der Waals surface area contributed by atoms with Gasteiger partial charge in [0.2, 0.25) is 0 Å². The number of hydrogen-bond donors (Lipinski definition) is 4. The van der Waals surface area contributed by atoms with E-state index >= 15 is 0 Å². The monoisotopic (exact) mass is 256 g/mol. The first-order chi connectivity index (χ1) is 8.34. The molecule has 6 heteroatoms. The maximum Gasteiger partial charge on any atom is 0.335 e. The summed E-state index contributed by atoms with van der Waals surface area (Å²) in [6, 6.07) is 2.75. The van der Waals surface area contributed by atoms with Gasteiger partial charge < -0.3 is 20.4 Å². The Morgan fingerprint density at radius 1 is 0.889 bits per heavy atom. The number of carbonyl (C=O) groups is 2. The molecule has 0 unspecified atom stereocenters. The highest BCUT2D eigenvalue weighted by Crippen LogP contribution is 2.16. The molecule has 0 spiro atoms. The van der Waals surface area contributed by atoms with E-state index in [0.717, 1.165) is 0 Å². The number of aryl methyl sites for hydroxylation is 2. The Morgan fingerprint density at radius 2 is 1.17 bits per heavy atom. The maximum absolute atomic E-state index is 10.7. The predicted molar refractivity (Wildman–Crippen MR) is 64.0 cm³/mol. The SMILES string of the molecule is Cc1cc(C(=O)O)c(C)cc1C(=O)O.OCCO. The van der Waals surface area contributed by atoms with Crippen molar-refractivity contribution >= 4 is 11.9 Å². The Morgan fingerprint density at radius 3 is 1.33 bits per heavy atom. The average Bonchev–Trinajstić information content (AvgIpc) is 2.31. The number of aliphatic hydroxyl groups excluding tert-OH is 2. The van der Waals surface area contributed by atoms with Gasteiger partial charge in [-0.05, 0) is 37.1 Å². The van der Waals surface area contributed by atoms with Gasteiger partial charge in [0, 0.05) is 0 Å². The third kappa shape index (κ3) is 4.52. The Hall–Kier alpha value is -1.92. The van der Waals surface area contributed by atoms with E-state index in [2.05, 4.69) is 0 Å². The molecular formula is C12H16O6. The molecule has 0 saturated heterocycles. The third-order valence-electron chi connectivity index (χ3n) is 2.13. The van der Waals surface area contributed by atoms with Crippen molar-refractivity contribution in [3.8, 4) is 0 Å². The normalized spacial score (nSPS) is 9.33. The highest BCUT2D eigenvalue weighted by atomic mass is 16.4. The highest BCUT2D eigenvalue weighted by Gasteiger charge is 2.13. The number of carboxylic acid groups (broad SMARTS) is 2. The van der Waals surface area contributed by atoms with E-state index in [1.54, 1.807) is 13.8 Å². The molecule has 100 valence electrons. The lowest BCUT2D eigenvalue weighted by atomic mass is 10.0. The fourth-order valence-corrected chi connectivity index (χ4v) is 1.28. The topological polar surface area (TPSA) is 115 Å². The molecule has 0 saturated carbocycles. The van der Waals surface area contributed by atoms with Gasteiger partial charge in [-0.2, -0.15) is 0 Å². The second kappa shape index (κ2) is 7.41. The lowest BCUT2D eigenvalue weighted by Crippen LogP contribution is -2.06. The number of hydrogen-bond acceptors (Lipinski definition) is 4. The van der Waals surface area contributed by atoms with Crippen LogP contribution >= 0.6 is 0 Å². The van der Waals surface area contributed by atoms with Gasteiger partial charge in [-0.3, -0.25) is 0 Å². The molecule has 0 fully saturated rings. The quantitative estimate of drug-likeness (QED) is 0.632. The summed E-state index contributed by atoms with van der Waals surface area (Å²) in [5.41, 5.74) is 1.21. The van der Waals surface area contributed by atoms with E-state index in [4.69, 9.17) is 20.4 Å². The summed E-state index contributed by atoms with van der Waals surface area (Å²) in [5, 5.41) is 32.8. The van der Waals surface area contributed by atoms with Crippen molar-refractivity contribution in [1.82, 2.24) is 0 Å². The first-order valence-corrected chi connectivity index (χ1v) is 5.14. The zero-order chi connectivity index (χ0) is 14.3. The van der Waals surface area contributed by atoms with E-state index in [1.165, 1.54) is 12.1 Å². The molecule has 1 rings (SSSR count). The Bertz CT molecular complexity index is 397. The van der Waals surface area contributed by atoms with E-state index in [0.29, 0.717) is 11.1 Å². The standard InChI is InChI=1S/C10H10O4.C2H6O2/c1-5-3-8(10(13)14)6(2)4-7(5)9(11)12;3-1-2-4/h3-4H,1-2H3,(H,11,12)(H,13,14);3-4H,1-2H2. The highest BCUT2D eigenvalue weighted by molar-refractivity contribution is 5.94. The lowest BCUT2D eigenvalue weighted by Gasteiger charge is -2.05. The van der Waals surface area contributed by atoms with Gasteiger partial charge in [0.25, 0.3) is 0 Å². The first-order valence-electron chi connectivity index (χ1n) is 5.14. The van der Waals surface area contributed by atoms with Crippen molar-refractivity contribution in [3.05, 3.63) is 34.4 Å². The van der Waals surface area contributed by atoms with E-state index < -0.39 is 11.9 Å². The summed E-state index contributed by atoms with van der Waals surface area (Å²) in [6.07, 6.45) is 0. The third-order valence-corrected chi connectivity index (χ3v) is 2.13. The summed E-state index contributed by atoms with van der Waals surface area (Å²) in [4.78, 5) is 21.4. The van der Waals surface area contributed by atoms with E-state index in [-0.39, 0.29) is 24.3 Å². The van der Waals surface area contributed by atoms with Crippen molar-refractivity contribution in [2.45, 2.75) is 13.8 Å². The van der Waals surface area contributed by atoms with Crippen molar-refractivity contribution < 1.29 is 30.0 Å². The minimum atomic E-state index is -1.04. The fourth-order valence-electron chi connectivity index (χ4n) is 1.28. The van der Waals surface area contributed by atoms with Crippen molar-refractivity contribution in [3.63, 3.8) is 0 Å². The van der Waals surface area contributed by atoms with Crippen LogP contribution in [0.1, 0.15) is 31.8 Å².